The third kappa shape index (κ3) is 2.70. The first kappa shape index (κ1) is 14.6. The molecule has 0 bridgehead atoms. The largest absolute Gasteiger partial charge is 0.501 e. The highest BCUT2D eigenvalue weighted by Gasteiger charge is 2.46. The summed E-state index contributed by atoms with van der Waals surface area (Å²) in [5, 5.41) is 0. The highest BCUT2D eigenvalue weighted by molar-refractivity contribution is 7.92. The minimum atomic E-state index is -5.28. The Morgan fingerprint density at radius 1 is 0.800 bits per heavy atom. The van der Waals surface area contributed by atoms with Gasteiger partial charge in [-0.25, -0.2) is 8.42 Å². The van der Waals surface area contributed by atoms with Gasteiger partial charge < -0.3 is 0 Å². The normalized spacial score (nSPS) is 12.4. The van der Waals surface area contributed by atoms with Crippen LogP contribution in [0.2, 0.25) is 0 Å². The first-order chi connectivity index (χ1) is 9.22. The molecule has 2 nitrogen and oxygen atoms in total. The molecule has 0 heterocycles. The van der Waals surface area contributed by atoms with E-state index in [4.69, 9.17) is 0 Å². The molecule has 6 heteroatoms. The lowest BCUT2D eigenvalue weighted by Crippen LogP contribution is -2.23. The molecule has 0 unspecified atom stereocenters. The highest BCUT2D eigenvalue weighted by atomic mass is 32.2. The molecule has 106 valence electrons. The topological polar surface area (TPSA) is 34.1 Å². The van der Waals surface area contributed by atoms with E-state index in [1.807, 2.05) is 31.2 Å². The summed E-state index contributed by atoms with van der Waals surface area (Å²) in [5.41, 5.74) is -2.75. The minimum absolute atomic E-state index is 0.658. The second-order valence-corrected chi connectivity index (χ2v) is 6.28. The molecule has 0 saturated heterocycles. The van der Waals surface area contributed by atoms with Gasteiger partial charge in [-0.05, 0) is 30.2 Å². The smallest absolute Gasteiger partial charge is 0.214 e. The number of alkyl halides is 3. The summed E-state index contributed by atoms with van der Waals surface area (Å²) in [6.45, 7) is 1.92. The van der Waals surface area contributed by atoms with E-state index in [9.17, 15) is 21.6 Å². The quantitative estimate of drug-likeness (QED) is 0.841. The summed E-state index contributed by atoms with van der Waals surface area (Å²) in [6.07, 6.45) is 0. The number of benzene rings is 2. The lowest BCUT2D eigenvalue weighted by molar-refractivity contribution is -0.0436. The van der Waals surface area contributed by atoms with E-state index < -0.39 is 20.2 Å². The Hall–Kier alpha value is -1.82. The third-order valence-electron chi connectivity index (χ3n) is 2.85. The summed E-state index contributed by atoms with van der Waals surface area (Å²) in [5.74, 6) is 0. The number of hydrogen-bond donors (Lipinski definition) is 0. The van der Waals surface area contributed by atoms with Crippen LogP contribution in [0.5, 0.6) is 0 Å². The van der Waals surface area contributed by atoms with Gasteiger partial charge in [-0.3, -0.25) is 0 Å². The summed E-state index contributed by atoms with van der Waals surface area (Å²) in [6, 6.07) is 12.1. The van der Waals surface area contributed by atoms with Crippen molar-refractivity contribution < 1.29 is 21.6 Å². The number of hydrogen-bond acceptors (Lipinski definition) is 2. The van der Waals surface area contributed by atoms with E-state index >= 15 is 0 Å². The molecule has 2 aromatic rings. The molecule has 2 rings (SSSR count). The minimum Gasteiger partial charge on any atom is -0.214 e. The van der Waals surface area contributed by atoms with Crippen molar-refractivity contribution in [2.75, 3.05) is 0 Å². The molecule has 0 aliphatic rings. The van der Waals surface area contributed by atoms with Gasteiger partial charge in [-0.1, -0.05) is 42.0 Å². The van der Waals surface area contributed by atoms with Gasteiger partial charge in [0.1, 0.15) is 0 Å². The number of rotatable bonds is 2. The van der Waals surface area contributed by atoms with Crippen LogP contribution in [0.3, 0.4) is 0 Å². The van der Waals surface area contributed by atoms with Crippen LogP contribution in [0.1, 0.15) is 5.56 Å². The molecule has 0 fully saturated rings. The van der Waals surface area contributed by atoms with Crippen molar-refractivity contribution in [3.8, 4) is 11.1 Å². The SMILES string of the molecule is Cc1ccc(-c2ccc(S(=O)(=O)C(F)(F)F)cc2)cc1. The van der Waals surface area contributed by atoms with Crippen LogP contribution in [-0.4, -0.2) is 13.9 Å². The fourth-order valence-electron chi connectivity index (χ4n) is 1.71. The third-order valence-corrected chi connectivity index (χ3v) is 4.36. The Kier molecular flexibility index (Phi) is 3.60. The molecule has 0 atom stereocenters. The fourth-order valence-corrected chi connectivity index (χ4v) is 2.47. The first-order valence-corrected chi connectivity index (χ1v) is 7.18. The highest BCUT2D eigenvalue weighted by Crippen LogP contribution is 2.31. The summed E-state index contributed by atoms with van der Waals surface area (Å²) < 4.78 is 59.6. The summed E-state index contributed by atoms with van der Waals surface area (Å²) >= 11 is 0. The van der Waals surface area contributed by atoms with E-state index in [1.54, 1.807) is 0 Å². The molecule has 0 spiro atoms. The van der Waals surface area contributed by atoms with E-state index in [1.165, 1.54) is 12.1 Å². The Labute approximate surface area is 114 Å². The van der Waals surface area contributed by atoms with Crippen LogP contribution in [0.25, 0.3) is 11.1 Å². The van der Waals surface area contributed by atoms with E-state index in [2.05, 4.69) is 0 Å². The van der Waals surface area contributed by atoms with Gasteiger partial charge in [0.05, 0.1) is 4.90 Å². The molecule has 2 aromatic carbocycles. The molecule has 0 saturated carbocycles. The molecule has 0 amide bonds. The van der Waals surface area contributed by atoms with Crippen molar-refractivity contribution in [1.82, 2.24) is 0 Å². The van der Waals surface area contributed by atoms with Crippen molar-refractivity contribution in [3.05, 3.63) is 54.1 Å². The summed E-state index contributed by atoms with van der Waals surface area (Å²) in [4.78, 5) is -0.749. The van der Waals surface area contributed by atoms with Crippen LogP contribution in [0, 0.1) is 6.92 Å². The van der Waals surface area contributed by atoms with Crippen LogP contribution in [-0.2, 0) is 9.84 Å². The standard InChI is InChI=1S/C14H11F3O2S/c1-10-2-4-11(5-3-10)12-6-8-13(9-7-12)20(18,19)14(15,16)17/h2-9H,1H3. The van der Waals surface area contributed by atoms with Crippen molar-refractivity contribution in [3.63, 3.8) is 0 Å². The van der Waals surface area contributed by atoms with Crippen molar-refractivity contribution in [2.45, 2.75) is 17.3 Å². The first-order valence-electron chi connectivity index (χ1n) is 5.70. The number of aryl methyl sites for hydroxylation is 1. The van der Waals surface area contributed by atoms with Gasteiger partial charge in [0, 0.05) is 0 Å². The van der Waals surface area contributed by atoms with Gasteiger partial charge in [-0.15, -0.1) is 0 Å². The van der Waals surface area contributed by atoms with Crippen molar-refractivity contribution >= 4 is 9.84 Å². The van der Waals surface area contributed by atoms with E-state index in [0.29, 0.717) is 5.56 Å². The van der Waals surface area contributed by atoms with Crippen LogP contribution < -0.4 is 0 Å². The van der Waals surface area contributed by atoms with Gasteiger partial charge in [0.15, 0.2) is 0 Å². The van der Waals surface area contributed by atoms with Gasteiger partial charge in [0.25, 0.3) is 9.84 Å². The predicted molar refractivity (Wildman–Crippen MR) is 69.9 cm³/mol. The molecule has 0 radical (unpaired) electrons. The van der Waals surface area contributed by atoms with Gasteiger partial charge in [-0.2, -0.15) is 13.2 Å². The Balaban J connectivity index is 2.39. The molecular weight excluding hydrogens is 289 g/mol. The van der Waals surface area contributed by atoms with E-state index in [0.717, 1.165) is 23.3 Å². The molecule has 0 aliphatic carbocycles. The van der Waals surface area contributed by atoms with E-state index in [-0.39, 0.29) is 0 Å². The van der Waals surface area contributed by atoms with Crippen LogP contribution in [0.4, 0.5) is 13.2 Å². The number of sulfone groups is 1. The lowest BCUT2D eigenvalue weighted by Gasteiger charge is -2.09. The molecule has 0 aromatic heterocycles. The molecule has 20 heavy (non-hydrogen) atoms. The maximum atomic E-state index is 12.4. The van der Waals surface area contributed by atoms with Gasteiger partial charge >= 0.3 is 5.51 Å². The molecule has 0 N–H and O–H groups in total. The Morgan fingerprint density at radius 2 is 1.20 bits per heavy atom. The Morgan fingerprint density at radius 3 is 1.60 bits per heavy atom. The summed E-state index contributed by atoms with van der Waals surface area (Å²) in [7, 11) is -5.28. The zero-order valence-electron chi connectivity index (χ0n) is 10.5. The molecular formula is C14H11F3O2S. The maximum Gasteiger partial charge on any atom is 0.501 e. The maximum absolute atomic E-state index is 12.4. The van der Waals surface area contributed by atoms with Crippen LogP contribution in [0.15, 0.2) is 53.4 Å². The second-order valence-electron chi connectivity index (χ2n) is 4.34. The molecule has 0 aliphatic heterocycles. The second kappa shape index (κ2) is 4.94. The average Bonchev–Trinajstić information content (AvgIpc) is 2.38. The van der Waals surface area contributed by atoms with Crippen molar-refractivity contribution in [1.29, 1.82) is 0 Å². The Bertz CT molecular complexity index is 700. The van der Waals surface area contributed by atoms with Crippen LogP contribution >= 0.6 is 0 Å². The number of halogens is 3. The van der Waals surface area contributed by atoms with Gasteiger partial charge in [0.2, 0.25) is 0 Å². The van der Waals surface area contributed by atoms with Crippen molar-refractivity contribution in [2.24, 2.45) is 0 Å². The fraction of sp³-hybridized carbons (Fsp3) is 0.143. The zero-order valence-corrected chi connectivity index (χ0v) is 11.3. The monoisotopic (exact) mass is 300 g/mol. The average molecular weight is 300 g/mol. The zero-order chi connectivity index (χ0) is 15.0. The lowest BCUT2D eigenvalue weighted by atomic mass is 10.0. The predicted octanol–water partition coefficient (Wildman–Crippen LogP) is 3.96.